The zero-order valence-corrected chi connectivity index (χ0v) is 19.3. The van der Waals surface area contributed by atoms with E-state index >= 15 is 0 Å². The number of amides is 3. The van der Waals surface area contributed by atoms with Crippen LogP contribution in [0.25, 0.3) is 0 Å². The number of hydrogen-bond donors (Lipinski definition) is 3. The van der Waals surface area contributed by atoms with Crippen molar-refractivity contribution < 1.29 is 9.59 Å². The molecule has 9 heteroatoms. The molecule has 1 aliphatic heterocycles. The Labute approximate surface area is 192 Å². The number of nitrogens with zero attached hydrogens (tertiary/aromatic N) is 3. The Bertz CT molecular complexity index is 915. The summed E-state index contributed by atoms with van der Waals surface area (Å²) in [6.07, 6.45) is 14.1. The minimum atomic E-state index is -0.142. The van der Waals surface area contributed by atoms with Crippen molar-refractivity contribution in [3.05, 3.63) is 45.9 Å². The summed E-state index contributed by atoms with van der Waals surface area (Å²) in [5, 5.41) is 8.81. The lowest BCUT2D eigenvalue weighted by Crippen LogP contribution is -2.44. The Morgan fingerprint density at radius 2 is 2.00 bits per heavy atom. The summed E-state index contributed by atoms with van der Waals surface area (Å²) in [6.45, 7) is 2.71. The van der Waals surface area contributed by atoms with Crippen LogP contribution in [0.3, 0.4) is 0 Å². The molecular weight excluding hydrogens is 424 g/mol. The van der Waals surface area contributed by atoms with Crippen LogP contribution in [-0.2, 0) is 6.42 Å². The fourth-order valence-electron chi connectivity index (χ4n) is 4.31. The van der Waals surface area contributed by atoms with E-state index in [1.54, 1.807) is 23.9 Å². The molecule has 0 bridgehead atoms. The Morgan fingerprint density at radius 3 is 2.75 bits per heavy atom. The van der Waals surface area contributed by atoms with Gasteiger partial charge >= 0.3 is 6.03 Å². The van der Waals surface area contributed by atoms with Crippen LogP contribution in [-0.4, -0.2) is 58.0 Å². The number of thiazole rings is 1. The number of carbonyl (C=O) groups is 2. The molecule has 1 saturated heterocycles. The van der Waals surface area contributed by atoms with Crippen molar-refractivity contribution in [3.8, 4) is 0 Å². The molecule has 2 aliphatic rings. The van der Waals surface area contributed by atoms with Gasteiger partial charge in [-0.2, -0.15) is 0 Å². The van der Waals surface area contributed by atoms with Crippen LogP contribution in [0.15, 0.2) is 29.6 Å². The zero-order chi connectivity index (χ0) is 22.2. The number of rotatable bonds is 8. The summed E-state index contributed by atoms with van der Waals surface area (Å²) in [6, 6.07) is 0.0383. The van der Waals surface area contributed by atoms with E-state index in [9.17, 15) is 9.59 Å². The van der Waals surface area contributed by atoms with Gasteiger partial charge in [-0.3, -0.25) is 4.79 Å². The maximum Gasteiger partial charge on any atom is 0.317 e. The number of aromatic amines is 1. The first-order valence-electron chi connectivity index (χ1n) is 11.6. The predicted octanol–water partition coefficient (Wildman–Crippen LogP) is 3.62. The average molecular weight is 457 g/mol. The Morgan fingerprint density at radius 1 is 1.16 bits per heavy atom. The molecule has 0 saturated carbocycles. The van der Waals surface area contributed by atoms with Crippen LogP contribution in [0.1, 0.15) is 72.1 Å². The summed E-state index contributed by atoms with van der Waals surface area (Å²) >= 11 is 1.54. The molecule has 0 spiro atoms. The number of allylic oxidation sites excluding steroid dienone is 1. The normalized spacial score (nSPS) is 17.1. The van der Waals surface area contributed by atoms with Gasteiger partial charge in [0.25, 0.3) is 5.91 Å². The summed E-state index contributed by atoms with van der Waals surface area (Å²) < 4.78 is 0. The standard InChI is InChI=1S/C23H32N6O2S/c30-21(25-11-7-19-14-24-16-27-19)20-15-32-22(28-20)18-8-12-29(13-9-18)23(31)26-10-6-17-4-2-1-3-5-17/h4,14-16,18H,1-3,5-13H2,(H,24,27)(H,25,30)(H,26,31). The van der Waals surface area contributed by atoms with Crippen LogP contribution in [0.2, 0.25) is 0 Å². The summed E-state index contributed by atoms with van der Waals surface area (Å²) in [5.74, 6) is 0.167. The lowest BCUT2D eigenvalue weighted by Gasteiger charge is -2.31. The highest BCUT2D eigenvalue weighted by Gasteiger charge is 2.26. The molecular formula is C23H32N6O2S. The molecule has 3 amide bonds. The third kappa shape index (κ3) is 6.18. The van der Waals surface area contributed by atoms with Gasteiger partial charge in [-0.25, -0.2) is 14.8 Å². The number of carbonyl (C=O) groups excluding carboxylic acids is 2. The minimum Gasteiger partial charge on any atom is -0.350 e. The number of likely N-dealkylation sites (tertiary alicyclic amines) is 1. The Hall–Kier alpha value is -2.68. The molecule has 4 rings (SSSR count). The maximum atomic E-state index is 12.5. The first-order valence-corrected chi connectivity index (χ1v) is 12.5. The number of aromatic nitrogens is 3. The molecule has 0 aromatic carbocycles. The molecule has 0 atom stereocenters. The maximum absolute atomic E-state index is 12.5. The largest absolute Gasteiger partial charge is 0.350 e. The molecule has 3 heterocycles. The number of imidazole rings is 1. The highest BCUT2D eigenvalue weighted by atomic mass is 32.1. The highest BCUT2D eigenvalue weighted by Crippen LogP contribution is 2.30. The van der Waals surface area contributed by atoms with Crippen LogP contribution in [0.5, 0.6) is 0 Å². The fraction of sp³-hybridized carbons (Fsp3) is 0.565. The van der Waals surface area contributed by atoms with E-state index in [1.807, 2.05) is 10.3 Å². The first kappa shape index (κ1) is 22.5. The highest BCUT2D eigenvalue weighted by molar-refractivity contribution is 7.09. The van der Waals surface area contributed by atoms with E-state index in [0.29, 0.717) is 24.6 Å². The van der Waals surface area contributed by atoms with E-state index < -0.39 is 0 Å². The average Bonchev–Trinajstić information content (AvgIpc) is 3.52. The second kappa shape index (κ2) is 11.3. The van der Waals surface area contributed by atoms with E-state index in [4.69, 9.17) is 0 Å². The third-order valence-electron chi connectivity index (χ3n) is 6.23. The molecule has 1 fully saturated rings. The van der Waals surface area contributed by atoms with Gasteiger partial charge in [-0.1, -0.05) is 11.6 Å². The van der Waals surface area contributed by atoms with Crippen molar-refractivity contribution in [1.82, 2.24) is 30.5 Å². The van der Waals surface area contributed by atoms with Crippen molar-refractivity contribution in [2.75, 3.05) is 26.2 Å². The number of H-pyrrole nitrogens is 1. The number of hydrogen-bond acceptors (Lipinski definition) is 5. The van der Waals surface area contributed by atoms with Crippen molar-refractivity contribution in [3.63, 3.8) is 0 Å². The Balaban J connectivity index is 1.17. The van der Waals surface area contributed by atoms with Crippen molar-refractivity contribution in [1.29, 1.82) is 0 Å². The van der Waals surface area contributed by atoms with Gasteiger partial charge in [0.05, 0.1) is 11.3 Å². The Kier molecular flexibility index (Phi) is 7.92. The molecule has 172 valence electrons. The minimum absolute atomic E-state index is 0.0383. The van der Waals surface area contributed by atoms with E-state index in [1.165, 1.54) is 31.3 Å². The van der Waals surface area contributed by atoms with Gasteiger partial charge in [0.1, 0.15) is 5.69 Å². The predicted molar refractivity (Wildman–Crippen MR) is 125 cm³/mol. The molecule has 2 aromatic heterocycles. The summed E-state index contributed by atoms with van der Waals surface area (Å²) in [7, 11) is 0. The van der Waals surface area contributed by atoms with Crippen LogP contribution < -0.4 is 10.6 Å². The van der Waals surface area contributed by atoms with Crippen LogP contribution >= 0.6 is 11.3 Å². The molecule has 0 unspecified atom stereocenters. The quantitative estimate of drug-likeness (QED) is 0.528. The molecule has 0 radical (unpaired) electrons. The van der Waals surface area contributed by atoms with Crippen molar-refractivity contribution in [2.24, 2.45) is 0 Å². The smallest absolute Gasteiger partial charge is 0.317 e. The summed E-state index contributed by atoms with van der Waals surface area (Å²) in [4.78, 5) is 38.3. The first-order chi connectivity index (χ1) is 15.7. The lowest BCUT2D eigenvalue weighted by molar-refractivity contribution is 0.0949. The van der Waals surface area contributed by atoms with Gasteiger partial charge in [0.15, 0.2) is 0 Å². The molecule has 32 heavy (non-hydrogen) atoms. The monoisotopic (exact) mass is 456 g/mol. The fourth-order valence-corrected chi connectivity index (χ4v) is 5.28. The lowest BCUT2D eigenvalue weighted by atomic mass is 9.97. The van der Waals surface area contributed by atoms with E-state index in [0.717, 1.165) is 49.6 Å². The molecule has 2 aromatic rings. The van der Waals surface area contributed by atoms with Gasteiger partial charge in [-0.05, 0) is 44.9 Å². The molecule has 8 nitrogen and oxygen atoms in total. The topological polar surface area (TPSA) is 103 Å². The van der Waals surface area contributed by atoms with E-state index in [2.05, 4.69) is 31.7 Å². The number of urea groups is 1. The zero-order valence-electron chi connectivity index (χ0n) is 18.4. The number of piperidine rings is 1. The molecule has 3 N–H and O–H groups in total. The van der Waals surface area contributed by atoms with Crippen molar-refractivity contribution in [2.45, 2.75) is 57.3 Å². The second-order valence-corrected chi connectivity index (χ2v) is 9.39. The van der Waals surface area contributed by atoms with Crippen LogP contribution in [0.4, 0.5) is 4.79 Å². The van der Waals surface area contributed by atoms with Crippen LogP contribution in [0, 0.1) is 0 Å². The second-order valence-electron chi connectivity index (χ2n) is 8.51. The van der Waals surface area contributed by atoms with E-state index in [-0.39, 0.29) is 11.9 Å². The molecule has 1 aliphatic carbocycles. The van der Waals surface area contributed by atoms with Gasteiger partial charge in [-0.15, -0.1) is 11.3 Å². The number of nitrogens with one attached hydrogen (secondary N) is 3. The van der Waals surface area contributed by atoms with Gasteiger partial charge in [0, 0.05) is 55.8 Å². The summed E-state index contributed by atoms with van der Waals surface area (Å²) in [5.41, 5.74) is 2.96. The SMILES string of the molecule is O=C(NCCc1cnc[nH]1)c1csc(C2CCN(C(=O)NCCC3=CCCCC3)CC2)n1. The van der Waals surface area contributed by atoms with Gasteiger partial charge < -0.3 is 20.5 Å². The van der Waals surface area contributed by atoms with Gasteiger partial charge in [0.2, 0.25) is 0 Å². The third-order valence-corrected chi connectivity index (χ3v) is 7.24. The van der Waals surface area contributed by atoms with Crippen molar-refractivity contribution >= 4 is 23.3 Å².